The molecule has 0 bridgehead atoms. The van der Waals surface area contributed by atoms with E-state index >= 15 is 0 Å². The van der Waals surface area contributed by atoms with E-state index in [1.807, 2.05) is 18.2 Å². The number of alkyl halides is 1. The molecule has 0 fully saturated rings. The molecule has 0 N–H and O–H groups in total. The predicted octanol–water partition coefficient (Wildman–Crippen LogP) is 3.72. The maximum atomic E-state index is 5.80. The second-order valence-electron chi connectivity index (χ2n) is 2.11. The molecule has 0 amide bonds. The average molecular weight is 361 g/mol. The molecule has 0 aliphatic heterocycles. The van der Waals surface area contributed by atoms with Crippen molar-refractivity contribution in [2.75, 3.05) is 11.9 Å². The van der Waals surface area contributed by atoms with Crippen molar-refractivity contribution in [2.24, 2.45) is 0 Å². The molecule has 66 valence electrons. The van der Waals surface area contributed by atoms with Gasteiger partial charge >= 0.3 is 0 Å². The molecule has 1 aromatic carbocycles. The molecule has 1 rings (SSSR count). The van der Waals surface area contributed by atoms with E-state index in [1.165, 1.54) is 0 Å². The highest BCUT2D eigenvalue weighted by atomic mass is 127. The van der Waals surface area contributed by atoms with Gasteiger partial charge in [-0.2, -0.15) is 0 Å². The lowest BCUT2D eigenvalue weighted by Gasteiger charge is -2.06. The fourth-order valence-electron chi connectivity index (χ4n) is 0.736. The van der Waals surface area contributed by atoms with Crippen LogP contribution in [0.4, 0.5) is 0 Å². The smallest absolute Gasteiger partial charge is 0.134 e. The predicted molar refractivity (Wildman–Crippen MR) is 63.5 cm³/mol. The molecule has 0 aliphatic rings. The summed E-state index contributed by atoms with van der Waals surface area (Å²) in [6.45, 7) is 0.663. The van der Waals surface area contributed by atoms with Gasteiger partial charge in [-0.05, 0) is 40.8 Å². The topological polar surface area (TPSA) is 9.23 Å². The lowest BCUT2D eigenvalue weighted by Crippen LogP contribution is -1.98. The summed E-state index contributed by atoms with van der Waals surface area (Å²) in [7, 11) is 0. The van der Waals surface area contributed by atoms with Gasteiger partial charge in [0.15, 0.2) is 0 Å². The lowest BCUT2D eigenvalue weighted by molar-refractivity contribution is 0.342. The second-order valence-corrected chi connectivity index (χ2v) is 4.50. The van der Waals surface area contributed by atoms with Crippen LogP contribution >= 0.6 is 50.1 Å². The highest BCUT2D eigenvalue weighted by Gasteiger charge is 2.00. The molecular weight excluding hydrogens is 354 g/mol. The molecule has 0 unspecified atom stereocenters. The van der Waals surface area contributed by atoms with Gasteiger partial charge in [0.1, 0.15) is 5.75 Å². The minimum Gasteiger partial charge on any atom is -0.492 e. The summed E-state index contributed by atoms with van der Waals surface area (Å²) in [5, 5.41) is 1.54. The molecule has 4 heteroatoms. The van der Waals surface area contributed by atoms with Gasteiger partial charge in [0.05, 0.1) is 10.2 Å². The van der Waals surface area contributed by atoms with E-state index in [0.29, 0.717) is 11.6 Å². The average Bonchev–Trinajstić information content (AvgIpc) is 2.07. The number of rotatable bonds is 3. The molecule has 0 atom stereocenters. The normalized spacial score (nSPS) is 9.92. The van der Waals surface area contributed by atoms with Crippen LogP contribution in [0.25, 0.3) is 0 Å². The standard InChI is InChI=1S/C8H7BrClIO/c9-3-4-12-8-5-6(10)1-2-7(8)11/h1-2,5H,3-4H2. The molecule has 0 aromatic heterocycles. The number of hydrogen-bond donors (Lipinski definition) is 0. The van der Waals surface area contributed by atoms with E-state index in [-0.39, 0.29) is 0 Å². The Kier molecular flexibility index (Phi) is 4.68. The number of hydrogen-bond acceptors (Lipinski definition) is 1. The molecule has 1 nitrogen and oxygen atoms in total. The minimum absolute atomic E-state index is 0.663. The fourth-order valence-corrected chi connectivity index (χ4v) is 1.55. The zero-order valence-electron chi connectivity index (χ0n) is 6.19. The maximum Gasteiger partial charge on any atom is 0.134 e. The van der Waals surface area contributed by atoms with Crippen molar-refractivity contribution in [3.8, 4) is 5.75 Å². The molecule has 0 aliphatic carbocycles. The Morgan fingerprint density at radius 3 is 2.92 bits per heavy atom. The van der Waals surface area contributed by atoms with Crippen LogP contribution in [0.15, 0.2) is 18.2 Å². The molecular formula is C8H7BrClIO. The van der Waals surface area contributed by atoms with Gasteiger partial charge in [-0.3, -0.25) is 0 Å². The first kappa shape index (κ1) is 10.6. The molecule has 0 saturated heterocycles. The van der Waals surface area contributed by atoms with Crippen molar-refractivity contribution in [3.63, 3.8) is 0 Å². The summed E-state index contributed by atoms with van der Waals surface area (Å²) in [6, 6.07) is 5.61. The van der Waals surface area contributed by atoms with Crippen LogP contribution in [0, 0.1) is 3.57 Å². The van der Waals surface area contributed by atoms with E-state index in [4.69, 9.17) is 16.3 Å². The van der Waals surface area contributed by atoms with E-state index in [1.54, 1.807) is 0 Å². The number of ether oxygens (including phenoxy) is 1. The van der Waals surface area contributed by atoms with Gasteiger partial charge in [-0.15, -0.1) is 0 Å². The van der Waals surface area contributed by atoms with Gasteiger partial charge in [-0.1, -0.05) is 27.5 Å². The van der Waals surface area contributed by atoms with Gasteiger partial charge in [0, 0.05) is 10.4 Å². The van der Waals surface area contributed by atoms with Crippen LogP contribution in [-0.2, 0) is 0 Å². The third-order valence-electron chi connectivity index (χ3n) is 1.23. The van der Waals surface area contributed by atoms with E-state index in [0.717, 1.165) is 14.6 Å². The number of benzene rings is 1. The molecule has 12 heavy (non-hydrogen) atoms. The molecule has 0 radical (unpaired) electrons. The summed E-state index contributed by atoms with van der Waals surface area (Å²) in [5.41, 5.74) is 0. The quantitative estimate of drug-likeness (QED) is 0.589. The molecule has 0 spiro atoms. The Balaban J connectivity index is 2.75. The largest absolute Gasteiger partial charge is 0.492 e. The van der Waals surface area contributed by atoms with Crippen LogP contribution in [0.3, 0.4) is 0 Å². The zero-order valence-corrected chi connectivity index (χ0v) is 10.7. The zero-order chi connectivity index (χ0) is 8.97. The van der Waals surface area contributed by atoms with Gasteiger partial charge in [0.2, 0.25) is 0 Å². The molecule has 0 saturated carbocycles. The Morgan fingerprint density at radius 1 is 1.50 bits per heavy atom. The third-order valence-corrected chi connectivity index (χ3v) is 2.68. The van der Waals surface area contributed by atoms with Crippen molar-refractivity contribution in [1.29, 1.82) is 0 Å². The Hall–Kier alpha value is 0.520. The molecule has 1 aromatic rings. The first-order chi connectivity index (χ1) is 5.74. The third kappa shape index (κ3) is 3.11. The summed E-state index contributed by atoms with van der Waals surface area (Å²) in [5.74, 6) is 0.850. The highest BCUT2D eigenvalue weighted by molar-refractivity contribution is 14.1. The van der Waals surface area contributed by atoms with Crippen molar-refractivity contribution in [3.05, 3.63) is 26.8 Å². The summed E-state index contributed by atoms with van der Waals surface area (Å²) < 4.78 is 6.51. The van der Waals surface area contributed by atoms with E-state index in [9.17, 15) is 0 Å². The molecule has 0 heterocycles. The lowest BCUT2D eigenvalue weighted by atomic mass is 10.3. The van der Waals surface area contributed by atoms with Gasteiger partial charge in [0.25, 0.3) is 0 Å². The maximum absolute atomic E-state index is 5.80. The summed E-state index contributed by atoms with van der Waals surface area (Å²) in [4.78, 5) is 0. The number of halogens is 3. The van der Waals surface area contributed by atoms with E-state index < -0.39 is 0 Å². The van der Waals surface area contributed by atoms with Crippen LogP contribution in [0.1, 0.15) is 0 Å². The SMILES string of the molecule is Clc1ccc(I)c(OCCBr)c1. The first-order valence-electron chi connectivity index (χ1n) is 3.38. The van der Waals surface area contributed by atoms with Crippen molar-refractivity contribution in [2.45, 2.75) is 0 Å². The van der Waals surface area contributed by atoms with Crippen molar-refractivity contribution < 1.29 is 4.74 Å². The Labute approximate surface area is 98.7 Å². The summed E-state index contributed by atoms with van der Waals surface area (Å²) in [6.07, 6.45) is 0. The second kappa shape index (κ2) is 5.29. The monoisotopic (exact) mass is 360 g/mol. The van der Waals surface area contributed by atoms with Crippen LogP contribution in [0.5, 0.6) is 5.75 Å². The Morgan fingerprint density at radius 2 is 2.25 bits per heavy atom. The highest BCUT2D eigenvalue weighted by Crippen LogP contribution is 2.24. The van der Waals surface area contributed by atoms with Crippen LogP contribution in [0.2, 0.25) is 5.02 Å². The summed E-state index contributed by atoms with van der Waals surface area (Å²) >= 11 is 11.3. The van der Waals surface area contributed by atoms with Gasteiger partial charge < -0.3 is 4.74 Å². The Bertz CT molecular complexity index is 267. The van der Waals surface area contributed by atoms with Crippen molar-refractivity contribution >= 4 is 50.1 Å². The van der Waals surface area contributed by atoms with E-state index in [2.05, 4.69) is 38.5 Å². The fraction of sp³-hybridized carbons (Fsp3) is 0.250. The first-order valence-corrected chi connectivity index (χ1v) is 5.95. The van der Waals surface area contributed by atoms with Crippen LogP contribution in [-0.4, -0.2) is 11.9 Å². The minimum atomic E-state index is 0.663. The van der Waals surface area contributed by atoms with Crippen molar-refractivity contribution in [1.82, 2.24) is 0 Å². The van der Waals surface area contributed by atoms with Crippen LogP contribution < -0.4 is 4.74 Å². The van der Waals surface area contributed by atoms with Gasteiger partial charge in [-0.25, -0.2) is 0 Å².